The number of nitrogens with zero attached hydrogens (tertiary/aromatic N) is 1. The van der Waals surface area contributed by atoms with Crippen LogP contribution < -0.4 is 4.72 Å². The van der Waals surface area contributed by atoms with Gasteiger partial charge in [0, 0.05) is 26.1 Å². The predicted molar refractivity (Wildman–Crippen MR) is 102 cm³/mol. The third-order valence-corrected chi connectivity index (χ3v) is 6.94. The van der Waals surface area contributed by atoms with Gasteiger partial charge in [-0.1, -0.05) is 19.9 Å². The summed E-state index contributed by atoms with van der Waals surface area (Å²) in [4.78, 5) is 14.6. The van der Waals surface area contributed by atoms with Crippen LogP contribution in [-0.2, 0) is 27.7 Å². The summed E-state index contributed by atoms with van der Waals surface area (Å²) in [5, 5.41) is 0. The molecule has 2 atom stereocenters. The molecule has 1 N–H and O–H groups in total. The SMILES string of the molecule is CC1CC(C)CN(C(=O)CCNS(=O)(=O)c2ccc3c(c2)CCCC3)C1. The smallest absolute Gasteiger partial charge is 0.240 e. The van der Waals surface area contributed by atoms with E-state index in [2.05, 4.69) is 18.6 Å². The van der Waals surface area contributed by atoms with E-state index in [-0.39, 0.29) is 18.9 Å². The van der Waals surface area contributed by atoms with Gasteiger partial charge in [0.15, 0.2) is 0 Å². The van der Waals surface area contributed by atoms with Crippen molar-refractivity contribution in [3.8, 4) is 0 Å². The number of hydrogen-bond acceptors (Lipinski definition) is 3. The Balaban J connectivity index is 1.56. The highest BCUT2D eigenvalue weighted by atomic mass is 32.2. The molecule has 144 valence electrons. The number of fused-ring (bicyclic) bond motifs is 1. The fourth-order valence-corrected chi connectivity index (χ4v) is 5.36. The molecule has 6 heteroatoms. The first-order chi connectivity index (χ1) is 12.3. The molecule has 26 heavy (non-hydrogen) atoms. The lowest BCUT2D eigenvalue weighted by Crippen LogP contribution is -2.43. The van der Waals surface area contributed by atoms with Crippen molar-refractivity contribution in [3.05, 3.63) is 29.3 Å². The minimum Gasteiger partial charge on any atom is -0.342 e. The number of amides is 1. The van der Waals surface area contributed by atoms with E-state index in [0.717, 1.165) is 44.3 Å². The molecule has 1 aliphatic carbocycles. The highest BCUT2D eigenvalue weighted by Gasteiger charge is 2.25. The van der Waals surface area contributed by atoms with Gasteiger partial charge in [0.2, 0.25) is 15.9 Å². The number of piperidine rings is 1. The van der Waals surface area contributed by atoms with Gasteiger partial charge in [0.1, 0.15) is 0 Å². The first-order valence-corrected chi connectivity index (χ1v) is 11.2. The highest BCUT2D eigenvalue weighted by molar-refractivity contribution is 7.89. The lowest BCUT2D eigenvalue weighted by Gasteiger charge is -2.35. The van der Waals surface area contributed by atoms with Crippen LogP contribution in [0.1, 0.15) is 50.7 Å². The van der Waals surface area contributed by atoms with Gasteiger partial charge in [0.25, 0.3) is 0 Å². The molecule has 1 heterocycles. The van der Waals surface area contributed by atoms with E-state index < -0.39 is 10.0 Å². The largest absolute Gasteiger partial charge is 0.342 e. The number of carbonyl (C=O) groups excluding carboxylic acids is 1. The summed E-state index contributed by atoms with van der Waals surface area (Å²) in [7, 11) is -3.56. The molecule has 1 fully saturated rings. The Morgan fingerprint density at radius 1 is 1.12 bits per heavy atom. The van der Waals surface area contributed by atoms with Gasteiger partial charge in [-0.25, -0.2) is 13.1 Å². The van der Waals surface area contributed by atoms with E-state index in [4.69, 9.17) is 0 Å². The molecule has 0 radical (unpaired) electrons. The van der Waals surface area contributed by atoms with E-state index in [1.807, 2.05) is 11.0 Å². The van der Waals surface area contributed by atoms with Crippen molar-refractivity contribution in [2.45, 2.75) is 57.3 Å². The van der Waals surface area contributed by atoms with Gasteiger partial charge in [-0.05, 0) is 67.2 Å². The molecule has 5 nitrogen and oxygen atoms in total. The number of sulfonamides is 1. The van der Waals surface area contributed by atoms with Crippen LogP contribution in [0.3, 0.4) is 0 Å². The van der Waals surface area contributed by atoms with Gasteiger partial charge < -0.3 is 4.90 Å². The first-order valence-electron chi connectivity index (χ1n) is 9.74. The van der Waals surface area contributed by atoms with Gasteiger partial charge in [-0.3, -0.25) is 4.79 Å². The molecule has 1 amide bonds. The van der Waals surface area contributed by atoms with Crippen LogP contribution >= 0.6 is 0 Å². The average molecular weight is 379 g/mol. The zero-order chi connectivity index (χ0) is 18.7. The number of carbonyl (C=O) groups is 1. The maximum atomic E-state index is 12.5. The summed E-state index contributed by atoms with van der Waals surface area (Å²) in [6, 6.07) is 5.42. The lowest BCUT2D eigenvalue weighted by atomic mass is 9.92. The van der Waals surface area contributed by atoms with Crippen LogP contribution in [-0.4, -0.2) is 38.9 Å². The number of aryl methyl sites for hydroxylation is 2. The predicted octanol–water partition coefficient (Wildman–Crippen LogP) is 2.74. The molecule has 1 aromatic rings. The third kappa shape index (κ3) is 4.65. The number of likely N-dealkylation sites (tertiary alicyclic amines) is 1. The first kappa shape index (κ1) is 19.4. The van der Waals surface area contributed by atoms with Crippen LogP contribution in [0.4, 0.5) is 0 Å². The second kappa shape index (κ2) is 8.09. The summed E-state index contributed by atoms with van der Waals surface area (Å²) in [6.07, 6.45) is 5.63. The second-order valence-corrected chi connectivity index (χ2v) is 9.80. The highest BCUT2D eigenvalue weighted by Crippen LogP contribution is 2.24. The average Bonchev–Trinajstić information content (AvgIpc) is 2.60. The van der Waals surface area contributed by atoms with Gasteiger partial charge >= 0.3 is 0 Å². The molecule has 1 aliphatic heterocycles. The Kier molecular flexibility index (Phi) is 6.03. The van der Waals surface area contributed by atoms with Crippen LogP contribution in [0.5, 0.6) is 0 Å². The summed E-state index contributed by atoms with van der Waals surface area (Å²) >= 11 is 0. The number of hydrogen-bond donors (Lipinski definition) is 1. The molecular weight excluding hydrogens is 348 g/mol. The number of benzene rings is 1. The van der Waals surface area contributed by atoms with E-state index in [0.29, 0.717) is 16.7 Å². The van der Waals surface area contributed by atoms with Crippen molar-refractivity contribution in [3.63, 3.8) is 0 Å². The normalized spacial score (nSPS) is 23.5. The monoisotopic (exact) mass is 378 g/mol. The summed E-state index contributed by atoms with van der Waals surface area (Å²) in [5.74, 6) is 1.06. The Bertz CT molecular complexity index is 750. The molecular formula is C20H30N2O3S. The molecule has 0 spiro atoms. The van der Waals surface area contributed by atoms with Crippen LogP contribution in [0.15, 0.2) is 23.1 Å². The molecule has 1 aromatic carbocycles. The van der Waals surface area contributed by atoms with Crippen molar-refractivity contribution in [2.24, 2.45) is 11.8 Å². The molecule has 0 saturated carbocycles. The minimum absolute atomic E-state index is 0.0385. The van der Waals surface area contributed by atoms with Crippen molar-refractivity contribution >= 4 is 15.9 Å². The van der Waals surface area contributed by atoms with E-state index in [9.17, 15) is 13.2 Å². The van der Waals surface area contributed by atoms with Crippen LogP contribution in [0.2, 0.25) is 0 Å². The molecule has 3 rings (SSSR count). The molecule has 2 aliphatic rings. The second-order valence-electron chi connectivity index (χ2n) is 8.03. The Morgan fingerprint density at radius 2 is 1.77 bits per heavy atom. The Labute approximate surface area is 157 Å². The molecule has 1 saturated heterocycles. The topological polar surface area (TPSA) is 66.5 Å². The quantitative estimate of drug-likeness (QED) is 0.857. The minimum atomic E-state index is -3.56. The third-order valence-electron chi connectivity index (χ3n) is 5.48. The Morgan fingerprint density at radius 3 is 2.46 bits per heavy atom. The maximum Gasteiger partial charge on any atom is 0.240 e. The summed E-state index contributed by atoms with van der Waals surface area (Å²) in [6.45, 7) is 6.03. The molecule has 2 unspecified atom stereocenters. The fraction of sp³-hybridized carbons (Fsp3) is 0.650. The standard InChI is InChI=1S/C20H30N2O3S/c1-15-11-16(2)14-22(13-15)20(23)9-10-21-26(24,25)19-8-7-17-5-3-4-6-18(17)12-19/h7-8,12,15-16,21H,3-6,9-11,13-14H2,1-2H3. The van der Waals surface area contributed by atoms with Gasteiger partial charge in [0.05, 0.1) is 4.90 Å². The summed E-state index contributed by atoms with van der Waals surface area (Å²) < 4.78 is 27.7. The van der Waals surface area contributed by atoms with Crippen LogP contribution in [0.25, 0.3) is 0 Å². The van der Waals surface area contributed by atoms with Gasteiger partial charge in [-0.2, -0.15) is 0 Å². The van der Waals surface area contributed by atoms with Crippen molar-refractivity contribution in [1.29, 1.82) is 0 Å². The van der Waals surface area contributed by atoms with E-state index in [1.54, 1.807) is 12.1 Å². The van der Waals surface area contributed by atoms with Crippen LogP contribution in [0, 0.1) is 11.8 Å². The zero-order valence-electron chi connectivity index (χ0n) is 15.8. The summed E-state index contributed by atoms with van der Waals surface area (Å²) in [5.41, 5.74) is 2.41. The van der Waals surface area contributed by atoms with Crippen molar-refractivity contribution < 1.29 is 13.2 Å². The van der Waals surface area contributed by atoms with Gasteiger partial charge in [-0.15, -0.1) is 0 Å². The lowest BCUT2D eigenvalue weighted by molar-refractivity contribution is -0.133. The van der Waals surface area contributed by atoms with Crippen molar-refractivity contribution in [1.82, 2.24) is 9.62 Å². The van der Waals surface area contributed by atoms with Crippen molar-refractivity contribution in [2.75, 3.05) is 19.6 Å². The fourth-order valence-electron chi connectivity index (χ4n) is 4.28. The van der Waals surface area contributed by atoms with E-state index >= 15 is 0 Å². The molecule has 0 bridgehead atoms. The number of rotatable bonds is 5. The maximum absolute atomic E-state index is 12.5. The Hall–Kier alpha value is -1.40. The zero-order valence-corrected chi connectivity index (χ0v) is 16.6. The number of nitrogens with one attached hydrogen (secondary N) is 1. The van der Waals surface area contributed by atoms with E-state index in [1.165, 1.54) is 12.0 Å². The molecule has 0 aromatic heterocycles.